The Balaban J connectivity index is 1.44. The number of hydrogen-bond acceptors (Lipinski definition) is 3. The Morgan fingerprint density at radius 3 is 2.61 bits per heavy atom. The normalized spacial score (nSPS) is 19.6. The van der Waals surface area contributed by atoms with E-state index in [-0.39, 0.29) is 24.2 Å². The van der Waals surface area contributed by atoms with Crippen LogP contribution in [0.5, 0.6) is 0 Å². The van der Waals surface area contributed by atoms with Gasteiger partial charge in [0, 0.05) is 32.4 Å². The van der Waals surface area contributed by atoms with Crippen molar-refractivity contribution >= 4 is 11.7 Å². The average molecular weight is 393 g/mol. The Morgan fingerprint density at radius 1 is 1.14 bits per heavy atom. The Kier molecular flexibility index (Phi) is 4.72. The molecule has 1 unspecified atom stereocenters. The Hall–Kier alpha value is -2.64. The number of nitrogens with zero attached hydrogens (tertiary/aromatic N) is 3. The van der Waals surface area contributed by atoms with E-state index in [2.05, 4.69) is 11.1 Å². The van der Waals surface area contributed by atoms with E-state index >= 15 is 0 Å². The van der Waals surface area contributed by atoms with Gasteiger partial charge >= 0.3 is 6.18 Å². The molecule has 28 heavy (non-hydrogen) atoms. The van der Waals surface area contributed by atoms with Crippen molar-refractivity contribution in [3.05, 3.63) is 59.0 Å². The lowest BCUT2D eigenvalue weighted by atomic mass is 9.98. The second kappa shape index (κ2) is 7.07. The molecule has 0 N–H and O–H groups in total. The molecule has 1 atom stereocenters. The lowest BCUT2D eigenvalue weighted by Gasteiger charge is -2.31. The first kappa shape index (κ1) is 18.7. The standard InChI is InChI=1S/C20H19F4N3O/c21-17-9-16(20(22,23)24)10-25-18(17)26-7-6-15(12-26)19(28)27-8-5-13-3-1-2-4-14(13)11-27/h1-4,9-10,15H,5-8,11-12H2. The number of benzene rings is 1. The minimum atomic E-state index is -4.64. The van der Waals surface area contributed by atoms with Crippen molar-refractivity contribution in [1.29, 1.82) is 0 Å². The third kappa shape index (κ3) is 3.55. The summed E-state index contributed by atoms with van der Waals surface area (Å²) in [6.45, 7) is 1.83. The summed E-state index contributed by atoms with van der Waals surface area (Å²) in [5, 5.41) is 0. The van der Waals surface area contributed by atoms with Gasteiger partial charge < -0.3 is 9.80 Å². The van der Waals surface area contributed by atoms with E-state index in [1.54, 1.807) is 4.90 Å². The largest absolute Gasteiger partial charge is 0.417 e. The number of pyridine rings is 1. The molecule has 2 aliphatic heterocycles. The fraction of sp³-hybridized carbons (Fsp3) is 0.400. The van der Waals surface area contributed by atoms with Gasteiger partial charge in [-0.1, -0.05) is 24.3 Å². The molecule has 1 amide bonds. The third-order valence-electron chi connectivity index (χ3n) is 5.43. The highest BCUT2D eigenvalue weighted by Gasteiger charge is 2.36. The summed E-state index contributed by atoms with van der Waals surface area (Å²) in [5.74, 6) is -1.46. The zero-order valence-corrected chi connectivity index (χ0v) is 15.0. The highest BCUT2D eigenvalue weighted by atomic mass is 19.4. The molecule has 1 saturated heterocycles. The third-order valence-corrected chi connectivity index (χ3v) is 5.43. The molecule has 1 fully saturated rings. The van der Waals surface area contributed by atoms with Crippen molar-refractivity contribution in [2.75, 3.05) is 24.5 Å². The van der Waals surface area contributed by atoms with E-state index in [9.17, 15) is 22.4 Å². The molecule has 0 bridgehead atoms. The predicted octanol–water partition coefficient (Wildman–Crippen LogP) is 3.65. The van der Waals surface area contributed by atoms with Gasteiger partial charge in [-0.05, 0) is 30.0 Å². The van der Waals surface area contributed by atoms with Gasteiger partial charge in [-0.15, -0.1) is 0 Å². The van der Waals surface area contributed by atoms with Crippen LogP contribution in [0.1, 0.15) is 23.1 Å². The SMILES string of the molecule is O=C(C1CCN(c2ncc(C(F)(F)F)cc2F)C1)N1CCc2ccccc2C1. The molecule has 4 nitrogen and oxygen atoms in total. The molecule has 0 radical (unpaired) electrons. The summed E-state index contributed by atoms with van der Waals surface area (Å²) in [6, 6.07) is 8.46. The van der Waals surface area contributed by atoms with Crippen LogP contribution in [0.3, 0.4) is 0 Å². The molecule has 2 aromatic rings. The number of hydrogen-bond donors (Lipinski definition) is 0. The zero-order chi connectivity index (χ0) is 19.9. The number of amides is 1. The lowest BCUT2D eigenvalue weighted by molar-refractivity contribution is -0.138. The van der Waals surface area contributed by atoms with Crippen LogP contribution in [0.2, 0.25) is 0 Å². The van der Waals surface area contributed by atoms with Crippen molar-refractivity contribution < 1.29 is 22.4 Å². The second-order valence-electron chi connectivity index (χ2n) is 7.24. The Labute approximate surface area is 159 Å². The van der Waals surface area contributed by atoms with Gasteiger partial charge in [-0.25, -0.2) is 9.37 Å². The highest BCUT2D eigenvalue weighted by molar-refractivity contribution is 5.80. The average Bonchev–Trinajstić information content (AvgIpc) is 3.16. The molecule has 4 rings (SSSR count). The van der Waals surface area contributed by atoms with E-state index in [1.807, 2.05) is 23.1 Å². The van der Waals surface area contributed by atoms with Gasteiger partial charge in [0.15, 0.2) is 11.6 Å². The summed E-state index contributed by atoms with van der Waals surface area (Å²) in [6.07, 6.45) is -2.68. The number of anilines is 1. The molecule has 8 heteroatoms. The first-order chi connectivity index (χ1) is 13.3. The van der Waals surface area contributed by atoms with E-state index in [0.717, 1.165) is 12.0 Å². The maximum absolute atomic E-state index is 14.2. The van der Waals surface area contributed by atoms with Crippen LogP contribution < -0.4 is 4.90 Å². The summed E-state index contributed by atoms with van der Waals surface area (Å²) < 4.78 is 52.2. The fourth-order valence-electron chi connectivity index (χ4n) is 3.91. The molecule has 1 aromatic heterocycles. The van der Waals surface area contributed by atoms with E-state index in [0.29, 0.717) is 38.3 Å². The second-order valence-corrected chi connectivity index (χ2v) is 7.24. The molecular formula is C20H19F4N3O. The van der Waals surface area contributed by atoms with E-state index < -0.39 is 17.6 Å². The molecular weight excluding hydrogens is 374 g/mol. The van der Waals surface area contributed by atoms with Crippen molar-refractivity contribution in [3.63, 3.8) is 0 Å². The monoisotopic (exact) mass is 393 g/mol. The molecule has 2 aliphatic rings. The summed E-state index contributed by atoms with van der Waals surface area (Å²) in [4.78, 5) is 19.9. The van der Waals surface area contributed by atoms with Gasteiger partial charge in [0.2, 0.25) is 5.91 Å². The fourth-order valence-corrected chi connectivity index (χ4v) is 3.91. The van der Waals surface area contributed by atoms with E-state index in [4.69, 9.17) is 0 Å². The Morgan fingerprint density at radius 2 is 1.89 bits per heavy atom. The van der Waals surface area contributed by atoms with Crippen LogP contribution in [0.25, 0.3) is 0 Å². The molecule has 0 spiro atoms. The lowest BCUT2D eigenvalue weighted by Crippen LogP contribution is -2.40. The van der Waals surface area contributed by atoms with Crippen molar-refractivity contribution in [2.45, 2.75) is 25.6 Å². The number of fused-ring (bicyclic) bond motifs is 1. The first-order valence-electron chi connectivity index (χ1n) is 9.16. The smallest absolute Gasteiger partial charge is 0.353 e. The Bertz CT molecular complexity index is 899. The number of rotatable bonds is 2. The van der Waals surface area contributed by atoms with Crippen molar-refractivity contribution in [1.82, 2.24) is 9.88 Å². The maximum atomic E-state index is 14.2. The molecule has 1 aromatic carbocycles. The maximum Gasteiger partial charge on any atom is 0.417 e. The van der Waals surface area contributed by atoms with E-state index in [1.165, 1.54) is 5.56 Å². The number of alkyl halides is 3. The molecule has 0 saturated carbocycles. The predicted molar refractivity (Wildman–Crippen MR) is 95.1 cm³/mol. The van der Waals surface area contributed by atoms with Gasteiger partial charge in [0.25, 0.3) is 0 Å². The van der Waals surface area contributed by atoms with Gasteiger partial charge in [0.05, 0.1) is 11.5 Å². The number of carbonyl (C=O) groups is 1. The van der Waals surface area contributed by atoms with Crippen molar-refractivity contribution in [2.24, 2.45) is 5.92 Å². The highest BCUT2D eigenvalue weighted by Crippen LogP contribution is 2.32. The van der Waals surface area contributed by atoms with Crippen LogP contribution in [0.4, 0.5) is 23.4 Å². The van der Waals surface area contributed by atoms with Gasteiger partial charge in [0.1, 0.15) is 0 Å². The summed E-state index contributed by atoms with van der Waals surface area (Å²) in [5.41, 5.74) is 1.26. The zero-order valence-electron chi connectivity index (χ0n) is 15.0. The van der Waals surface area contributed by atoms with Gasteiger partial charge in [-0.2, -0.15) is 13.2 Å². The topological polar surface area (TPSA) is 36.4 Å². The summed E-state index contributed by atoms with van der Waals surface area (Å²) >= 11 is 0. The van der Waals surface area contributed by atoms with Gasteiger partial charge in [-0.3, -0.25) is 4.79 Å². The van der Waals surface area contributed by atoms with Crippen LogP contribution in [-0.4, -0.2) is 35.4 Å². The minimum absolute atomic E-state index is 0.00400. The quantitative estimate of drug-likeness (QED) is 0.731. The first-order valence-corrected chi connectivity index (χ1v) is 9.16. The van der Waals surface area contributed by atoms with Crippen LogP contribution in [0.15, 0.2) is 36.5 Å². The van der Waals surface area contributed by atoms with Crippen molar-refractivity contribution in [3.8, 4) is 0 Å². The number of halogens is 4. The molecule has 148 valence electrons. The van der Waals surface area contributed by atoms with Crippen LogP contribution in [0, 0.1) is 11.7 Å². The van der Waals surface area contributed by atoms with Crippen LogP contribution in [-0.2, 0) is 23.9 Å². The number of carbonyl (C=O) groups excluding carboxylic acids is 1. The number of aromatic nitrogens is 1. The van der Waals surface area contributed by atoms with Crippen LogP contribution >= 0.6 is 0 Å². The minimum Gasteiger partial charge on any atom is -0.353 e. The molecule has 0 aliphatic carbocycles. The molecule has 3 heterocycles. The summed E-state index contributed by atoms with van der Waals surface area (Å²) in [7, 11) is 0.